The van der Waals surface area contributed by atoms with Gasteiger partial charge in [-0.05, 0) is 13.3 Å². The Balaban J connectivity index is 0. The fourth-order valence-electron chi connectivity index (χ4n) is 0.745. The molecule has 0 spiro atoms. The SMILES string of the molecule is CC(=O)NC(C)CCS(=O)(=O)O.[CaH2]. The minimum absolute atomic E-state index is 0. The standard InChI is InChI=1S/C6H13NO4S.Ca.2H/c1-5(7-6(2)8)3-4-12(9,10)11;;;/h5H,3-4H2,1-2H3,(H,7,8)(H,9,10,11);;;. The summed E-state index contributed by atoms with van der Waals surface area (Å²) in [5.41, 5.74) is 0. The van der Waals surface area contributed by atoms with E-state index in [1.807, 2.05) is 0 Å². The van der Waals surface area contributed by atoms with Gasteiger partial charge < -0.3 is 5.32 Å². The second-order valence-corrected chi connectivity index (χ2v) is 4.25. The predicted octanol–water partition coefficient (Wildman–Crippen LogP) is -1.13. The van der Waals surface area contributed by atoms with Crippen molar-refractivity contribution >= 4 is 53.8 Å². The normalized spacial score (nSPS) is 12.8. The van der Waals surface area contributed by atoms with E-state index in [0.29, 0.717) is 0 Å². The van der Waals surface area contributed by atoms with Gasteiger partial charge in [0.05, 0.1) is 5.75 Å². The van der Waals surface area contributed by atoms with Gasteiger partial charge in [-0.1, -0.05) is 0 Å². The molecule has 0 saturated heterocycles. The summed E-state index contributed by atoms with van der Waals surface area (Å²) in [5, 5.41) is 2.50. The van der Waals surface area contributed by atoms with Crippen molar-refractivity contribution in [2.75, 3.05) is 5.75 Å². The molecule has 5 nitrogen and oxygen atoms in total. The Morgan fingerprint density at radius 2 is 2.00 bits per heavy atom. The van der Waals surface area contributed by atoms with Crippen LogP contribution < -0.4 is 5.32 Å². The van der Waals surface area contributed by atoms with Crippen LogP contribution in [0.3, 0.4) is 0 Å². The molecule has 0 aliphatic rings. The van der Waals surface area contributed by atoms with Gasteiger partial charge >= 0.3 is 37.7 Å². The molecule has 0 aromatic carbocycles. The van der Waals surface area contributed by atoms with E-state index in [1.54, 1.807) is 6.92 Å². The fourth-order valence-corrected chi connectivity index (χ4v) is 1.40. The number of nitrogens with one attached hydrogen (secondary N) is 1. The molecule has 2 N–H and O–H groups in total. The van der Waals surface area contributed by atoms with Crippen LogP contribution in [0, 0.1) is 0 Å². The molecular formula is C6H15CaNO4S. The third-order valence-electron chi connectivity index (χ3n) is 1.26. The van der Waals surface area contributed by atoms with Crippen LogP contribution >= 0.6 is 0 Å². The number of amides is 1. The van der Waals surface area contributed by atoms with Crippen molar-refractivity contribution in [1.82, 2.24) is 5.32 Å². The summed E-state index contributed by atoms with van der Waals surface area (Å²) >= 11 is 0. The third kappa shape index (κ3) is 12.6. The molecule has 1 amide bonds. The van der Waals surface area contributed by atoms with Gasteiger partial charge in [-0.3, -0.25) is 9.35 Å². The van der Waals surface area contributed by atoms with Gasteiger partial charge in [-0.25, -0.2) is 0 Å². The van der Waals surface area contributed by atoms with Crippen molar-refractivity contribution in [2.24, 2.45) is 0 Å². The number of hydrogen-bond acceptors (Lipinski definition) is 3. The van der Waals surface area contributed by atoms with Gasteiger partial charge in [0.1, 0.15) is 0 Å². The summed E-state index contributed by atoms with van der Waals surface area (Å²) in [6.07, 6.45) is 0.221. The van der Waals surface area contributed by atoms with E-state index in [2.05, 4.69) is 5.32 Å². The first-order valence-corrected chi connectivity index (χ1v) is 5.14. The molecule has 0 heterocycles. The summed E-state index contributed by atoms with van der Waals surface area (Å²) in [4.78, 5) is 10.5. The Labute approximate surface area is 108 Å². The topological polar surface area (TPSA) is 83.5 Å². The molecule has 1 unspecified atom stereocenters. The average molecular weight is 237 g/mol. The summed E-state index contributed by atoms with van der Waals surface area (Å²) < 4.78 is 28.9. The van der Waals surface area contributed by atoms with Gasteiger partial charge in [0.25, 0.3) is 10.1 Å². The van der Waals surface area contributed by atoms with Crippen LogP contribution in [0.15, 0.2) is 0 Å². The predicted molar refractivity (Wildman–Crippen MR) is 52.9 cm³/mol. The monoisotopic (exact) mass is 237 g/mol. The molecule has 0 aliphatic heterocycles. The molecule has 0 radical (unpaired) electrons. The molecule has 0 aliphatic carbocycles. The Kier molecular flexibility index (Phi) is 8.66. The molecule has 0 bridgehead atoms. The Bertz CT molecular complexity index is 251. The summed E-state index contributed by atoms with van der Waals surface area (Å²) in [7, 11) is -3.91. The quantitative estimate of drug-likeness (QED) is 0.479. The second-order valence-electron chi connectivity index (χ2n) is 2.68. The summed E-state index contributed by atoms with van der Waals surface area (Å²) in [6.45, 7) is 3.02. The zero-order chi connectivity index (χ0) is 9.78. The van der Waals surface area contributed by atoms with E-state index < -0.39 is 10.1 Å². The van der Waals surface area contributed by atoms with Crippen molar-refractivity contribution in [3.05, 3.63) is 0 Å². The fraction of sp³-hybridized carbons (Fsp3) is 0.833. The van der Waals surface area contributed by atoms with Crippen LogP contribution in [-0.2, 0) is 14.9 Å². The van der Waals surface area contributed by atoms with Crippen molar-refractivity contribution in [3.63, 3.8) is 0 Å². The van der Waals surface area contributed by atoms with Gasteiger partial charge in [0, 0.05) is 13.0 Å². The van der Waals surface area contributed by atoms with Gasteiger partial charge in [-0.2, -0.15) is 8.42 Å². The van der Waals surface area contributed by atoms with E-state index in [4.69, 9.17) is 4.55 Å². The van der Waals surface area contributed by atoms with Crippen LogP contribution in [-0.4, -0.2) is 68.4 Å². The van der Waals surface area contributed by atoms with Crippen LogP contribution in [0.5, 0.6) is 0 Å². The van der Waals surface area contributed by atoms with Crippen LogP contribution in [0.2, 0.25) is 0 Å². The minimum atomic E-state index is -3.91. The number of carbonyl (C=O) groups is 1. The molecule has 0 aromatic rings. The molecular weight excluding hydrogens is 222 g/mol. The molecule has 1 atom stereocenters. The van der Waals surface area contributed by atoms with Crippen LogP contribution in [0.25, 0.3) is 0 Å². The van der Waals surface area contributed by atoms with Gasteiger partial charge in [0.2, 0.25) is 5.91 Å². The van der Waals surface area contributed by atoms with Crippen molar-refractivity contribution in [3.8, 4) is 0 Å². The van der Waals surface area contributed by atoms with E-state index in [-0.39, 0.29) is 61.9 Å². The van der Waals surface area contributed by atoms with E-state index in [1.165, 1.54) is 6.92 Å². The Morgan fingerprint density at radius 1 is 1.54 bits per heavy atom. The van der Waals surface area contributed by atoms with Crippen LogP contribution in [0.4, 0.5) is 0 Å². The molecule has 0 saturated carbocycles. The molecule has 7 heteroatoms. The van der Waals surface area contributed by atoms with Gasteiger partial charge in [0.15, 0.2) is 0 Å². The molecule has 0 aromatic heterocycles. The molecule has 13 heavy (non-hydrogen) atoms. The maximum atomic E-state index is 10.5. The zero-order valence-electron chi connectivity index (χ0n) is 7.07. The molecule has 0 rings (SSSR count). The molecule has 0 fully saturated rings. The first-order chi connectivity index (χ1) is 5.31. The average Bonchev–Trinajstić information content (AvgIpc) is 1.80. The van der Waals surface area contributed by atoms with Gasteiger partial charge in [-0.15, -0.1) is 0 Å². The molecule has 76 valence electrons. The number of hydrogen-bond donors (Lipinski definition) is 2. The van der Waals surface area contributed by atoms with Crippen molar-refractivity contribution in [1.29, 1.82) is 0 Å². The number of carbonyl (C=O) groups excluding carboxylic acids is 1. The van der Waals surface area contributed by atoms with E-state index >= 15 is 0 Å². The van der Waals surface area contributed by atoms with Crippen LogP contribution in [0.1, 0.15) is 20.3 Å². The van der Waals surface area contributed by atoms with Crippen molar-refractivity contribution < 1.29 is 17.8 Å². The van der Waals surface area contributed by atoms with E-state index in [9.17, 15) is 13.2 Å². The van der Waals surface area contributed by atoms with E-state index in [0.717, 1.165) is 0 Å². The Morgan fingerprint density at radius 3 is 2.31 bits per heavy atom. The zero-order valence-corrected chi connectivity index (χ0v) is 7.89. The second kappa shape index (κ2) is 7.00. The maximum absolute atomic E-state index is 10.5. The first-order valence-electron chi connectivity index (χ1n) is 3.53. The summed E-state index contributed by atoms with van der Waals surface area (Å²) in [6, 6.07) is -0.232. The number of rotatable bonds is 4. The van der Waals surface area contributed by atoms with Crippen molar-refractivity contribution in [2.45, 2.75) is 26.3 Å². The first kappa shape index (κ1) is 16.1. The summed E-state index contributed by atoms with van der Waals surface area (Å²) in [5.74, 6) is -0.535. The third-order valence-corrected chi connectivity index (χ3v) is 2.01. The Hall–Kier alpha value is 0.640.